The van der Waals surface area contributed by atoms with Gasteiger partial charge in [0, 0.05) is 15.4 Å². The first-order valence-electron chi connectivity index (χ1n) is 8.57. The van der Waals surface area contributed by atoms with Gasteiger partial charge in [-0.3, -0.25) is 4.79 Å². The topological polar surface area (TPSA) is 80.4 Å². The molecule has 0 saturated carbocycles. The van der Waals surface area contributed by atoms with E-state index in [0.29, 0.717) is 5.57 Å². The minimum Gasteiger partial charge on any atom is -0.634 e. The summed E-state index contributed by atoms with van der Waals surface area (Å²) in [5.41, 5.74) is 2.44. The van der Waals surface area contributed by atoms with Gasteiger partial charge in [-0.25, -0.2) is 0 Å². The number of amides is 1. The minimum absolute atomic E-state index is 0.00113. The molecule has 6 heteroatoms. The molecule has 2 aromatic carbocycles. The van der Waals surface area contributed by atoms with Crippen molar-refractivity contribution in [2.45, 2.75) is 9.79 Å². The zero-order valence-corrected chi connectivity index (χ0v) is 15.5. The molecule has 0 bridgehead atoms. The van der Waals surface area contributed by atoms with Gasteiger partial charge < -0.3 is 15.6 Å². The van der Waals surface area contributed by atoms with E-state index in [1.54, 1.807) is 17.8 Å². The first kappa shape index (κ1) is 18.9. The van der Waals surface area contributed by atoms with Crippen LogP contribution < -0.4 is 10.4 Å². The fraction of sp³-hybridized carbons (Fsp3) is 0.143. The van der Waals surface area contributed by atoms with Crippen LogP contribution in [0.15, 0.2) is 76.5 Å². The predicted molar refractivity (Wildman–Crippen MR) is 106 cm³/mol. The molecule has 1 heterocycles. The second-order valence-corrected chi connectivity index (χ2v) is 7.08. The number of nitrogens with zero attached hydrogens (tertiary/aromatic N) is 1. The number of nitriles is 1. The molecule has 0 saturated heterocycles. The van der Waals surface area contributed by atoms with E-state index < -0.39 is 5.91 Å². The summed E-state index contributed by atoms with van der Waals surface area (Å²) in [6.07, 6.45) is 1.54. The van der Waals surface area contributed by atoms with E-state index in [-0.39, 0.29) is 30.3 Å². The van der Waals surface area contributed by atoms with Crippen molar-refractivity contribution < 1.29 is 9.86 Å². The Hall–Kier alpha value is -2.85. The Morgan fingerprint density at radius 2 is 1.78 bits per heavy atom. The molecule has 1 unspecified atom stereocenters. The van der Waals surface area contributed by atoms with Crippen LogP contribution in [0.25, 0.3) is 5.57 Å². The minimum atomic E-state index is -0.463. The molecule has 1 atom stereocenters. The van der Waals surface area contributed by atoms with Gasteiger partial charge in [-0.1, -0.05) is 54.7 Å². The molecule has 1 aliphatic heterocycles. The van der Waals surface area contributed by atoms with Gasteiger partial charge in [-0.2, -0.15) is 5.26 Å². The third-order valence-electron chi connectivity index (χ3n) is 4.18. The van der Waals surface area contributed by atoms with E-state index in [2.05, 4.69) is 18.0 Å². The highest BCUT2D eigenvalue weighted by molar-refractivity contribution is 7.99. The zero-order valence-electron chi connectivity index (χ0n) is 14.7. The summed E-state index contributed by atoms with van der Waals surface area (Å²) in [7, 11) is 0. The van der Waals surface area contributed by atoms with E-state index in [0.717, 1.165) is 20.9 Å². The number of fused-ring (bicyclic) bond motifs is 2. The summed E-state index contributed by atoms with van der Waals surface area (Å²) in [5.74, 6) is -0.463. The predicted octanol–water partition coefficient (Wildman–Crippen LogP) is 2.16. The Morgan fingerprint density at radius 3 is 2.33 bits per heavy atom. The summed E-state index contributed by atoms with van der Waals surface area (Å²) >= 11 is 1.62. The van der Waals surface area contributed by atoms with Gasteiger partial charge in [-0.15, -0.1) is 0 Å². The van der Waals surface area contributed by atoms with Crippen molar-refractivity contribution in [1.29, 1.82) is 5.26 Å². The maximum atomic E-state index is 12.7. The largest absolute Gasteiger partial charge is 0.634 e. The molecule has 0 aromatic heterocycles. The molecule has 1 amide bonds. The number of quaternary nitrogens is 1. The first-order chi connectivity index (χ1) is 13.2. The second kappa shape index (κ2) is 8.69. The molecule has 27 heavy (non-hydrogen) atoms. The molecular weight excluding hydrogens is 358 g/mol. The van der Waals surface area contributed by atoms with Crippen molar-refractivity contribution >= 4 is 23.2 Å². The van der Waals surface area contributed by atoms with Gasteiger partial charge in [-0.05, 0) is 29.3 Å². The Morgan fingerprint density at radius 1 is 1.19 bits per heavy atom. The van der Waals surface area contributed by atoms with Gasteiger partial charge in [0.15, 0.2) is 0 Å². The van der Waals surface area contributed by atoms with Crippen LogP contribution in [0.3, 0.4) is 0 Å². The number of benzene rings is 2. The van der Waals surface area contributed by atoms with Crippen molar-refractivity contribution in [3.8, 4) is 6.07 Å². The van der Waals surface area contributed by atoms with E-state index in [1.165, 1.54) is 0 Å². The lowest BCUT2D eigenvalue weighted by Crippen LogP contribution is -3.07. The van der Waals surface area contributed by atoms with Crippen LogP contribution in [0.2, 0.25) is 0 Å². The Labute approximate surface area is 162 Å². The van der Waals surface area contributed by atoms with Crippen molar-refractivity contribution in [1.82, 2.24) is 5.32 Å². The highest BCUT2D eigenvalue weighted by Gasteiger charge is 2.26. The molecule has 5 nitrogen and oxygen atoms in total. The summed E-state index contributed by atoms with van der Waals surface area (Å²) in [5, 5.41) is 24.0. The van der Waals surface area contributed by atoms with Crippen LogP contribution >= 0.6 is 11.8 Å². The Bertz CT molecular complexity index is 899. The SMILES string of the molecule is C=CC[NH+]([O-])CCNC(=O)C(C#N)=C1c2ccccc2Sc2ccccc21. The van der Waals surface area contributed by atoms with E-state index in [4.69, 9.17) is 0 Å². The number of carbonyl (C=O) groups excluding carboxylic acids is 1. The van der Waals surface area contributed by atoms with Crippen LogP contribution in [0, 0.1) is 16.5 Å². The van der Waals surface area contributed by atoms with Crippen molar-refractivity contribution in [2.75, 3.05) is 19.6 Å². The van der Waals surface area contributed by atoms with Gasteiger partial charge in [0.25, 0.3) is 5.91 Å². The lowest BCUT2D eigenvalue weighted by atomic mass is 9.92. The molecule has 2 N–H and O–H groups in total. The van der Waals surface area contributed by atoms with Crippen LogP contribution in [0.5, 0.6) is 0 Å². The highest BCUT2D eigenvalue weighted by atomic mass is 32.2. The van der Waals surface area contributed by atoms with E-state index in [9.17, 15) is 15.3 Å². The number of hydrogen-bond donors (Lipinski definition) is 2. The summed E-state index contributed by atoms with van der Waals surface area (Å²) in [6, 6.07) is 17.6. The quantitative estimate of drug-likeness (QED) is 0.299. The Balaban J connectivity index is 1.96. The van der Waals surface area contributed by atoms with Gasteiger partial charge >= 0.3 is 0 Å². The number of hydroxylamine groups is 2. The smallest absolute Gasteiger partial charge is 0.262 e. The van der Waals surface area contributed by atoms with Crippen molar-refractivity contribution in [3.05, 3.63) is 83.1 Å². The van der Waals surface area contributed by atoms with Crippen molar-refractivity contribution in [2.24, 2.45) is 0 Å². The molecule has 3 rings (SSSR count). The monoisotopic (exact) mass is 377 g/mol. The third kappa shape index (κ3) is 4.12. The maximum Gasteiger partial charge on any atom is 0.262 e. The number of hydrogen-bond acceptors (Lipinski definition) is 4. The van der Waals surface area contributed by atoms with Gasteiger partial charge in [0.2, 0.25) is 0 Å². The normalized spacial score (nSPS) is 13.0. The van der Waals surface area contributed by atoms with Gasteiger partial charge in [0.1, 0.15) is 11.6 Å². The highest BCUT2D eigenvalue weighted by Crippen LogP contribution is 2.46. The fourth-order valence-corrected chi connectivity index (χ4v) is 4.03. The molecule has 0 aliphatic carbocycles. The fourth-order valence-electron chi connectivity index (χ4n) is 2.94. The number of carbonyl (C=O) groups is 1. The molecule has 1 aliphatic rings. The van der Waals surface area contributed by atoms with Gasteiger partial charge in [0.05, 0.1) is 19.6 Å². The molecule has 0 radical (unpaired) electrons. The Kier molecular flexibility index (Phi) is 6.09. The lowest BCUT2D eigenvalue weighted by Gasteiger charge is -2.23. The summed E-state index contributed by atoms with van der Waals surface area (Å²) in [4.78, 5) is 14.7. The summed E-state index contributed by atoms with van der Waals surface area (Å²) < 4.78 is 0. The van der Waals surface area contributed by atoms with Crippen LogP contribution in [0.1, 0.15) is 11.1 Å². The molecule has 2 aromatic rings. The van der Waals surface area contributed by atoms with E-state index in [1.807, 2.05) is 48.5 Å². The molecule has 0 fully saturated rings. The maximum absolute atomic E-state index is 12.7. The molecule has 0 spiro atoms. The van der Waals surface area contributed by atoms with E-state index >= 15 is 0 Å². The summed E-state index contributed by atoms with van der Waals surface area (Å²) in [6.45, 7) is 4.22. The average Bonchev–Trinajstić information content (AvgIpc) is 2.68. The zero-order chi connectivity index (χ0) is 19.2. The second-order valence-electron chi connectivity index (χ2n) is 5.99. The van der Waals surface area contributed by atoms with Crippen LogP contribution in [-0.2, 0) is 4.79 Å². The van der Waals surface area contributed by atoms with Crippen LogP contribution in [-0.4, -0.2) is 25.5 Å². The van der Waals surface area contributed by atoms with Crippen molar-refractivity contribution in [3.63, 3.8) is 0 Å². The lowest BCUT2D eigenvalue weighted by molar-refractivity contribution is -0.840. The first-order valence-corrected chi connectivity index (χ1v) is 9.39. The average molecular weight is 377 g/mol. The molecular formula is C21H19N3O2S. The standard InChI is InChI=1S/C21H19N3O2S/c1-2-12-24(26)13-11-23-21(25)17(14-22)20-15-7-3-5-9-18(15)27-19-10-6-4-8-16(19)20/h2-10,24H,1,11-13H2,(H,23,25). The number of rotatable bonds is 6. The third-order valence-corrected chi connectivity index (χ3v) is 5.33. The van der Waals surface area contributed by atoms with Crippen LogP contribution in [0.4, 0.5) is 0 Å². The molecule has 136 valence electrons. The number of nitrogens with one attached hydrogen (secondary N) is 2.